The molecule has 0 amide bonds. The number of ether oxygens (including phenoxy) is 1. The van der Waals surface area contributed by atoms with E-state index in [2.05, 4.69) is 97.3 Å². The summed E-state index contributed by atoms with van der Waals surface area (Å²) in [5.74, 6) is 2.32. The summed E-state index contributed by atoms with van der Waals surface area (Å²) >= 11 is 0. The molecule has 2 aromatic heterocycles. The number of anilines is 5. The quantitative estimate of drug-likeness (QED) is 0.422. The maximum Gasteiger partial charge on any atom is 0.229 e. The molecule has 9 nitrogen and oxygen atoms in total. The molecule has 1 atom stereocenters. The third-order valence-corrected chi connectivity index (χ3v) is 7.73. The number of pyridine rings is 1. The molecule has 0 unspecified atom stereocenters. The molecule has 0 bridgehead atoms. The second-order valence-corrected chi connectivity index (χ2v) is 12.4. The molecule has 1 fully saturated rings. The van der Waals surface area contributed by atoms with Crippen molar-refractivity contribution in [2.24, 2.45) is 0 Å². The van der Waals surface area contributed by atoms with Gasteiger partial charge in [0.15, 0.2) is 0 Å². The Morgan fingerprint density at radius 1 is 1.05 bits per heavy atom. The monoisotopic (exact) mass is 544 g/mol. The van der Waals surface area contributed by atoms with Gasteiger partial charge < -0.3 is 30.1 Å². The third-order valence-electron chi connectivity index (χ3n) is 7.73. The van der Waals surface area contributed by atoms with Gasteiger partial charge >= 0.3 is 0 Å². The van der Waals surface area contributed by atoms with E-state index in [-0.39, 0.29) is 11.0 Å². The average molecular weight is 545 g/mol. The summed E-state index contributed by atoms with van der Waals surface area (Å²) in [6.07, 6.45) is 1.96. The molecule has 0 spiro atoms. The standard InChI is InChI=1S/C31H44N8O/c1-22-17-23(11-12-26(22)38-15-13-37(7)14-16-38)35-29-33-19-25-28(36-29)39(20-31(25,5)21-40-30(2,3)4)27-10-8-9-24(34-27)18-32-6/h8-12,17,19,32H,13-16,18,20-21H2,1-7H3,(H,33,35,36)/t31-/m0/s1. The number of aryl methyl sites for hydroxylation is 1. The number of piperazine rings is 1. The van der Waals surface area contributed by atoms with Crippen LogP contribution < -0.4 is 20.4 Å². The summed E-state index contributed by atoms with van der Waals surface area (Å²) in [7, 11) is 4.12. The number of fused-ring (bicyclic) bond motifs is 1. The molecule has 0 aliphatic carbocycles. The van der Waals surface area contributed by atoms with Crippen molar-refractivity contribution in [2.45, 2.75) is 52.2 Å². The Kier molecular flexibility index (Phi) is 7.99. The van der Waals surface area contributed by atoms with Crippen LogP contribution in [0.15, 0.2) is 42.6 Å². The summed E-state index contributed by atoms with van der Waals surface area (Å²) in [5.41, 5.74) is 5.07. The molecule has 0 radical (unpaired) electrons. The molecule has 2 N–H and O–H groups in total. The first kappa shape index (κ1) is 28.3. The summed E-state index contributed by atoms with van der Waals surface area (Å²) in [5, 5.41) is 6.66. The minimum Gasteiger partial charge on any atom is -0.375 e. The summed E-state index contributed by atoms with van der Waals surface area (Å²) in [6, 6.07) is 12.7. The summed E-state index contributed by atoms with van der Waals surface area (Å²) < 4.78 is 6.29. The van der Waals surface area contributed by atoms with Crippen molar-refractivity contribution in [2.75, 3.05) is 68.5 Å². The summed E-state index contributed by atoms with van der Waals surface area (Å²) in [6.45, 7) is 16.9. The van der Waals surface area contributed by atoms with Crippen LogP contribution in [0.1, 0.15) is 44.5 Å². The van der Waals surface area contributed by atoms with Gasteiger partial charge in [-0.2, -0.15) is 4.98 Å². The fourth-order valence-electron chi connectivity index (χ4n) is 5.42. The largest absolute Gasteiger partial charge is 0.375 e. The normalized spacial score (nSPS) is 19.7. The molecule has 1 aromatic carbocycles. The fraction of sp³-hybridized carbons (Fsp3) is 0.516. The number of rotatable bonds is 8. The predicted octanol–water partition coefficient (Wildman–Crippen LogP) is 4.62. The average Bonchev–Trinajstić information content (AvgIpc) is 3.21. The van der Waals surface area contributed by atoms with Gasteiger partial charge in [-0.25, -0.2) is 9.97 Å². The molecule has 2 aliphatic rings. The van der Waals surface area contributed by atoms with Crippen LogP contribution in [0, 0.1) is 6.92 Å². The maximum atomic E-state index is 6.29. The predicted molar refractivity (Wildman–Crippen MR) is 163 cm³/mol. The lowest BCUT2D eigenvalue weighted by Crippen LogP contribution is -2.44. The lowest BCUT2D eigenvalue weighted by atomic mass is 9.87. The first-order chi connectivity index (χ1) is 19.0. The van der Waals surface area contributed by atoms with Crippen LogP contribution in [-0.4, -0.2) is 78.9 Å². The van der Waals surface area contributed by atoms with Gasteiger partial charge in [-0.3, -0.25) is 0 Å². The Morgan fingerprint density at radius 2 is 1.82 bits per heavy atom. The highest BCUT2D eigenvalue weighted by molar-refractivity contribution is 5.70. The second-order valence-electron chi connectivity index (χ2n) is 12.4. The van der Waals surface area contributed by atoms with Crippen LogP contribution in [0.5, 0.6) is 0 Å². The fourth-order valence-corrected chi connectivity index (χ4v) is 5.42. The number of benzene rings is 1. The van der Waals surface area contributed by atoms with Crippen molar-refractivity contribution in [3.8, 4) is 0 Å². The number of hydrogen-bond acceptors (Lipinski definition) is 9. The van der Waals surface area contributed by atoms with Crippen molar-refractivity contribution < 1.29 is 4.74 Å². The number of nitrogens with zero attached hydrogens (tertiary/aromatic N) is 6. The maximum absolute atomic E-state index is 6.29. The van der Waals surface area contributed by atoms with Crippen molar-refractivity contribution in [1.82, 2.24) is 25.2 Å². The van der Waals surface area contributed by atoms with E-state index in [1.165, 1.54) is 11.3 Å². The highest BCUT2D eigenvalue weighted by Gasteiger charge is 2.43. The van der Waals surface area contributed by atoms with E-state index in [0.717, 1.165) is 54.8 Å². The molecule has 5 rings (SSSR count). The van der Waals surface area contributed by atoms with Crippen LogP contribution in [0.2, 0.25) is 0 Å². The molecular weight excluding hydrogens is 500 g/mol. The third kappa shape index (κ3) is 6.22. The van der Waals surface area contributed by atoms with Crippen molar-refractivity contribution in [3.63, 3.8) is 0 Å². The molecule has 214 valence electrons. The molecular formula is C31H44N8O. The first-order valence-electron chi connectivity index (χ1n) is 14.3. The van der Waals surface area contributed by atoms with Gasteiger partial charge in [0.25, 0.3) is 0 Å². The zero-order valence-corrected chi connectivity index (χ0v) is 25.1. The van der Waals surface area contributed by atoms with Gasteiger partial charge in [0.1, 0.15) is 11.6 Å². The van der Waals surface area contributed by atoms with Crippen LogP contribution in [0.4, 0.5) is 29.0 Å². The van der Waals surface area contributed by atoms with Gasteiger partial charge in [0.2, 0.25) is 5.95 Å². The van der Waals surface area contributed by atoms with Gasteiger partial charge in [-0.15, -0.1) is 0 Å². The van der Waals surface area contributed by atoms with E-state index in [0.29, 0.717) is 25.6 Å². The van der Waals surface area contributed by atoms with E-state index in [9.17, 15) is 0 Å². The van der Waals surface area contributed by atoms with Gasteiger partial charge in [-0.1, -0.05) is 13.0 Å². The first-order valence-corrected chi connectivity index (χ1v) is 14.3. The van der Waals surface area contributed by atoms with E-state index in [1.807, 2.05) is 19.3 Å². The molecule has 3 aromatic rings. The number of aromatic nitrogens is 3. The van der Waals surface area contributed by atoms with E-state index < -0.39 is 0 Å². The van der Waals surface area contributed by atoms with E-state index in [1.54, 1.807) is 0 Å². The molecule has 4 heterocycles. The Hall–Kier alpha value is -3.27. The number of nitrogens with one attached hydrogen (secondary N) is 2. The molecule has 0 saturated carbocycles. The number of likely N-dealkylation sites (N-methyl/N-ethyl adjacent to an activating group) is 1. The Labute approximate surface area is 239 Å². The van der Waals surface area contributed by atoms with Crippen molar-refractivity contribution in [3.05, 3.63) is 59.4 Å². The zero-order valence-electron chi connectivity index (χ0n) is 25.1. The van der Waals surface area contributed by atoms with Crippen molar-refractivity contribution >= 4 is 29.0 Å². The summed E-state index contributed by atoms with van der Waals surface area (Å²) in [4.78, 5) is 21.8. The van der Waals surface area contributed by atoms with E-state index >= 15 is 0 Å². The molecule has 2 aliphatic heterocycles. The lowest BCUT2D eigenvalue weighted by molar-refractivity contribution is -0.0252. The topological polar surface area (TPSA) is 81.7 Å². The van der Waals surface area contributed by atoms with Crippen LogP contribution in [-0.2, 0) is 16.7 Å². The Morgan fingerprint density at radius 3 is 2.52 bits per heavy atom. The van der Waals surface area contributed by atoms with Crippen molar-refractivity contribution in [1.29, 1.82) is 0 Å². The minimum absolute atomic E-state index is 0.238. The molecule has 1 saturated heterocycles. The van der Waals surface area contributed by atoms with Crippen LogP contribution >= 0.6 is 0 Å². The highest BCUT2D eigenvalue weighted by atomic mass is 16.5. The van der Waals surface area contributed by atoms with Crippen LogP contribution in [0.3, 0.4) is 0 Å². The Balaban J connectivity index is 1.43. The Bertz CT molecular complexity index is 1330. The van der Waals surface area contributed by atoms with Gasteiger partial charge in [0, 0.05) is 67.8 Å². The lowest BCUT2D eigenvalue weighted by Gasteiger charge is -2.35. The number of hydrogen-bond donors (Lipinski definition) is 2. The zero-order chi connectivity index (χ0) is 28.5. The van der Waals surface area contributed by atoms with E-state index in [4.69, 9.17) is 19.7 Å². The van der Waals surface area contributed by atoms with Gasteiger partial charge in [0.05, 0.1) is 17.9 Å². The van der Waals surface area contributed by atoms with Crippen LogP contribution in [0.25, 0.3) is 0 Å². The second kappa shape index (κ2) is 11.3. The highest BCUT2D eigenvalue weighted by Crippen LogP contribution is 2.43. The minimum atomic E-state index is -0.275. The SMILES string of the molecule is CNCc1cccc(N2C[C@@](C)(COC(C)(C)C)c3cnc(Nc4ccc(N5CCN(C)CC5)c(C)c4)nc32)n1. The van der Waals surface area contributed by atoms with Gasteiger partial charge in [-0.05, 0) is 77.7 Å². The molecule has 40 heavy (non-hydrogen) atoms. The molecule has 9 heteroatoms. The smallest absolute Gasteiger partial charge is 0.229 e.